The molecule has 6 rings (SSSR count). The lowest BCUT2D eigenvalue weighted by Crippen LogP contribution is -2.39. The van der Waals surface area contributed by atoms with Crippen LogP contribution in [-0.2, 0) is 9.53 Å². The maximum absolute atomic E-state index is 13.9. The Bertz CT molecular complexity index is 1550. The number of rotatable bonds is 5. The molecular weight excluding hydrogens is 466 g/mol. The molecule has 7 heteroatoms. The number of hydrogen-bond donors (Lipinski definition) is 1. The summed E-state index contributed by atoms with van der Waals surface area (Å²) in [7, 11) is 0. The molecule has 1 N–H and O–H groups in total. The predicted molar refractivity (Wildman–Crippen MR) is 144 cm³/mol. The molecule has 2 heterocycles. The number of benzene rings is 3. The number of esters is 1. The Morgan fingerprint density at radius 3 is 2.76 bits per heavy atom. The van der Waals surface area contributed by atoms with Crippen molar-refractivity contribution in [2.45, 2.75) is 33.6 Å². The van der Waals surface area contributed by atoms with E-state index in [1.807, 2.05) is 51.1 Å². The Labute approximate surface area is 215 Å². The summed E-state index contributed by atoms with van der Waals surface area (Å²) >= 11 is 0. The normalized spacial score (nSPS) is 16.6. The number of aromatic nitrogens is 1. The quantitative estimate of drug-likeness (QED) is 0.292. The Hall–Kier alpha value is -4.13. The van der Waals surface area contributed by atoms with Crippen LogP contribution >= 0.6 is 0 Å². The molecule has 0 spiro atoms. The van der Waals surface area contributed by atoms with Crippen molar-refractivity contribution in [1.29, 1.82) is 0 Å². The number of nitrogens with one attached hydrogen (secondary N) is 1. The van der Waals surface area contributed by atoms with Crippen molar-refractivity contribution in [2.24, 2.45) is 5.92 Å². The summed E-state index contributed by atoms with van der Waals surface area (Å²) in [4.78, 5) is 28.6. The highest BCUT2D eigenvalue weighted by Crippen LogP contribution is 2.47. The van der Waals surface area contributed by atoms with E-state index in [1.165, 1.54) is 0 Å². The average Bonchev–Trinajstić information content (AvgIpc) is 3.35. The third-order valence-electron chi connectivity index (χ3n) is 7.42. The van der Waals surface area contributed by atoms with Gasteiger partial charge in [-0.05, 0) is 56.9 Å². The first-order chi connectivity index (χ1) is 18.0. The van der Waals surface area contributed by atoms with Crippen molar-refractivity contribution in [3.8, 4) is 11.3 Å². The summed E-state index contributed by atoms with van der Waals surface area (Å²) in [5.41, 5.74) is 7.26. The van der Waals surface area contributed by atoms with Gasteiger partial charge < -0.3 is 19.5 Å². The Morgan fingerprint density at radius 1 is 1.14 bits per heavy atom. The van der Waals surface area contributed by atoms with E-state index >= 15 is 0 Å². The van der Waals surface area contributed by atoms with E-state index in [2.05, 4.69) is 33.6 Å². The van der Waals surface area contributed by atoms with Crippen molar-refractivity contribution < 1.29 is 18.8 Å². The number of ketones is 1. The lowest BCUT2D eigenvalue weighted by molar-refractivity contribution is -0.148. The van der Waals surface area contributed by atoms with E-state index in [1.54, 1.807) is 0 Å². The first-order valence-corrected chi connectivity index (χ1v) is 12.8. The minimum absolute atomic E-state index is 0.0568. The average molecular weight is 496 g/mol. The molecule has 0 amide bonds. The molecule has 1 aliphatic heterocycles. The minimum Gasteiger partial charge on any atom is -0.466 e. The minimum atomic E-state index is -0.208. The van der Waals surface area contributed by atoms with Crippen LogP contribution in [0.1, 0.15) is 46.8 Å². The summed E-state index contributed by atoms with van der Waals surface area (Å²) in [6, 6.07) is 15.7. The zero-order chi connectivity index (χ0) is 25.7. The van der Waals surface area contributed by atoms with E-state index in [9.17, 15) is 9.59 Å². The van der Waals surface area contributed by atoms with Crippen LogP contribution in [0.25, 0.3) is 22.2 Å². The second-order valence-electron chi connectivity index (χ2n) is 9.91. The molecule has 1 saturated heterocycles. The van der Waals surface area contributed by atoms with Crippen LogP contribution in [0.15, 0.2) is 53.1 Å². The third-order valence-corrected chi connectivity index (χ3v) is 7.42. The fourth-order valence-electron chi connectivity index (χ4n) is 5.55. The lowest BCUT2D eigenvalue weighted by atomic mass is 9.86. The van der Waals surface area contributed by atoms with Gasteiger partial charge in [-0.2, -0.15) is 0 Å². The van der Waals surface area contributed by atoms with Gasteiger partial charge in [-0.25, -0.2) is 0 Å². The van der Waals surface area contributed by atoms with Crippen molar-refractivity contribution >= 4 is 39.7 Å². The summed E-state index contributed by atoms with van der Waals surface area (Å²) in [6.45, 7) is 7.60. The highest BCUT2D eigenvalue weighted by atomic mass is 16.5. The van der Waals surface area contributed by atoms with Gasteiger partial charge in [0.15, 0.2) is 11.5 Å². The molecule has 188 valence electrons. The highest BCUT2D eigenvalue weighted by Gasteiger charge is 2.35. The monoisotopic (exact) mass is 495 g/mol. The Morgan fingerprint density at radius 2 is 1.95 bits per heavy atom. The summed E-state index contributed by atoms with van der Waals surface area (Å²) < 4.78 is 11.2. The van der Waals surface area contributed by atoms with Gasteiger partial charge in [0.25, 0.3) is 0 Å². The van der Waals surface area contributed by atoms with Gasteiger partial charge in [0.05, 0.1) is 34.8 Å². The summed E-state index contributed by atoms with van der Waals surface area (Å²) in [5.74, 6) is 0.170. The van der Waals surface area contributed by atoms with Crippen molar-refractivity contribution in [3.63, 3.8) is 0 Å². The number of hydrogen-bond acceptors (Lipinski definition) is 7. The highest BCUT2D eigenvalue weighted by molar-refractivity contribution is 6.28. The van der Waals surface area contributed by atoms with Gasteiger partial charge in [-0.1, -0.05) is 41.6 Å². The number of fused-ring (bicyclic) bond motifs is 2. The van der Waals surface area contributed by atoms with E-state index in [0.717, 1.165) is 47.5 Å². The molecule has 1 atom stereocenters. The first-order valence-electron chi connectivity index (χ1n) is 12.8. The van der Waals surface area contributed by atoms with Crippen LogP contribution < -0.4 is 10.2 Å². The number of carbonyl (C=O) groups is 2. The molecular formula is C30H29N3O4. The topological polar surface area (TPSA) is 84.7 Å². The number of carbonyl (C=O) groups excluding carboxylic acids is 2. The molecule has 2 aliphatic rings. The number of piperidine rings is 1. The maximum atomic E-state index is 13.9. The molecule has 4 aromatic rings. The molecule has 0 radical (unpaired) electrons. The Kier molecular flexibility index (Phi) is 5.71. The lowest BCUT2D eigenvalue weighted by Gasteiger charge is -2.34. The van der Waals surface area contributed by atoms with E-state index < -0.39 is 0 Å². The van der Waals surface area contributed by atoms with E-state index in [-0.39, 0.29) is 17.7 Å². The van der Waals surface area contributed by atoms with Crippen molar-refractivity contribution in [3.05, 3.63) is 70.8 Å². The maximum Gasteiger partial charge on any atom is 0.310 e. The molecule has 7 nitrogen and oxygen atoms in total. The number of aryl methyl sites for hydroxylation is 2. The molecule has 37 heavy (non-hydrogen) atoms. The van der Waals surface area contributed by atoms with E-state index in [0.29, 0.717) is 46.6 Å². The predicted octanol–water partition coefficient (Wildman–Crippen LogP) is 6.18. The van der Waals surface area contributed by atoms with Gasteiger partial charge >= 0.3 is 5.97 Å². The smallest absolute Gasteiger partial charge is 0.310 e. The molecule has 0 saturated carbocycles. The van der Waals surface area contributed by atoms with Crippen LogP contribution in [0.5, 0.6) is 0 Å². The zero-order valence-electron chi connectivity index (χ0n) is 21.3. The third kappa shape index (κ3) is 3.86. The molecule has 1 aromatic heterocycles. The number of nitrogens with zero attached hydrogens (tertiary/aromatic N) is 2. The van der Waals surface area contributed by atoms with E-state index in [4.69, 9.17) is 9.26 Å². The zero-order valence-corrected chi connectivity index (χ0v) is 21.3. The second kappa shape index (κ2) is 9.07. The molecule has 1 fully saturated rings. The van der Waals surface area contributed by atoms with Gasteiger partial charge in [0, 0.05) is 29.9 Å². The van der Waals surface area contributed by atoms with Gasteiger partial charge in [0.1, 0.15) is 5.52 Å². The van der Waals surface area contributed by atoms with Crippen LogP contribution in [0.3, 0.4) is 0 Å². The standard InChI is InChI=1S/C30H29N3O4/c1-4-36-30(35)19-8-7-13-33(16-19)24-15-23(31-22-14-17(2)11-12-18(22)3)25-26-27(24)32-37-29(26)21-10-6-5-9-20(21)28(25)34/h5-6,9-12,14-15,19,31H,4,7-8,13,16H2,1-3H3/t19-/m1/s1. The Balaban J connectivity index is 1.54. The number of anilines is 3. The van der Waals surface area contributed by atoms with Crippen LogP contribution in [0.4, 0.5) is 17.1 Å². The van der Waals surface area contributed by atoms with Crippen LogP contribution in [0.2, 0.25) is 0 Å². The van der Waals surface area contributed by atoms with Crippen LogP contribution in [0, 0.1) is 19.8 Å². The first kappa shape index (κ1) is 23.3. The van der Waals surface area contributed by atoms with Crippen molar-refractivity contribution in [2.75, 3.05) is 29.9 Å². The fourth-order valence-corrected chi connectivity index (χ4v) is 5.55. The summed E-state index contributed by atoms with van der Waals surface area (Å²) in [5, 5.41) is 8.75. The number of ether oxygens (including phenoxy) is 1. The van der Waals surface area contributed by atoms with Gasteiger partial charge in [0.2, 0.25) is 0 Å². The molecule has 1 aliphatic carbocycles. The SMILES string of the molecule is CCOC(=O)[C@@H]1CCCN(c2cc(Nc3cc(C)ccc3C)c3c4c(onc24)-c2ccccc2C3=O)C1. The van der Waals surface area contributed by atoms with Gasteiger partial charge in [-0.15, -0.1) is 0 Å². The van der Waals surface area contributed by atoms with Gasteiger partial charge in [-0.3, -0.25) is 9.59 Å². The summed E-state index contributed by atoms with van der Waals surface area (Å²) in [6.07, 6.45) is 1.65. The fraction of sp³-hybridized carbons (Fsp3) is 0.300. The largest absolute Gasteiger partial charge is 0.466 e. The molecule has 0 bridgehead atoms. The molecule has 3 aromatic carbocycles. The molecule has 0 unspecified atom stereocenters. The van der Waals surface area contributed by atoms with Crippen LogP contribution in [-0.4, -0.2) is 36.6 Å². The van der Waals surface area contributed by atoms with Crippen molar-refractivity contribution in [1.82, 2.24) is 5.16 Å². The second-order valence-corrected chi connectivity index (χ2v) is 9.91.